The van der Waals surface area contributed by atoms with E-state index >= 15 is 0 Å². The van der Waals surface area contributed by atoms with E-state index in [0.717, 1.165) is 0 Å². The van der Waals surface area contributed by atoms with Crippen LogP contribution >= 0.6 is 11.8 Å². The van der Waals surface area contributed by atoms with E-state index in [0.29, 0.717) is 23.9 Å². The molecule has 0 radical (unpaired) electrons. The van der Waals surface area contributed by atoms with Crippen molar-refractivity contribution in [2.45, 2.75) is 18.6 Å². The van der Waals surface area contributed by atoms with Gasteiger partial charge in [-0.05, 0) is 31.2 Å². The van der Waals surface area contributed by atoms with Gasteiger partial charge in [-0.3, -0.25) is 14.5 Å². The third kappa shape index (κ3) is 4.41. The lowest BCUT2D eigenvalue weighted by Crippen LogP contribution is -2.34. The summed E-state index contributed by atoms with van der Waals surface area (Å²) in [6, 6.07) is 5.70. The molecule has 0 aliphatic carbocycles. The molecule has 1 aliphatic heterocycles. The first kappa shape index (κ1) is 17.2. The Hall–Kier alpha value is -2.15. The van der Waals surface area contributed by atoms with Crippen LogP contribution in [0.2, 0.25) is 0 Å². The molecule has 2 rings (SSSR count). The van der Waals surface area contributed by atoms with Crippen molar-refractivity contribution in [3.63, 3.8) is 0 Å². The lowest BCUT2D eigenvalue weighted by molar-refractivity contribution is -0.129. The average molecular weight is 335 g/mol. The lowest BCUT2D eigenvalue weighted by atomic mass is 10.2. The lowest BCUT2D eigenvalue weighted by Gasteiger charge is -2.13. The van der Waals surface area contributed by atoms with Crippen LogP contribution in [0.15, 0.2) is 41.9 Å². The maximum absolute atomic E-state index is 13.0. The summed E-state index contributed by atoms with van der Waals surface area (Å²) < 4.78 is 13.0. The number of amides is 2. The van der Waals surface area contributed by atoms with Crippen molar-refractivity contribution in [3.05, 3.63) is 42.7 Å². The molecule has 122 valence electrons. The average Bonchev–Trinajstić information content (AvgIpc) is 2.79. The molecular formula is C16H18FN3O2S. The summed E-state index contributed by atoms with van der Waals surface area (Å²) in [7, 11) is 0. The number of hydrogen-bond acceptors (Lipinski definition) is 4. The normalized spacial score (nSPS) is 19.2. The number of thioether (sulfide) groups is 1. The fraction of sp³-hybridized carbons (Fsp3) is 0.312. The molecule has 1 aromatic carbocycles. The number of halogens is 1. The number of benzene rings is 1. The molecule has 1 heterocycles. The van der Waals surface area contributed by atoms with Gasteiger partial charge in [0.25, 0.3) is 0 Å². The van der Waals surface area contributed by atoms with E-state index in [1.807, 2.05) is 6.92 Å². The highest BCUT2D eigenvalue weighted by Gasteiger charge is 2.38. The minimum absolute atomic E-state index is 0.105. The van der Waals surface area contributed by atoms with Crippen LogP contribution in [0.3, 0.4) is 0 Å². The Morgan fingerprint density at radius 1 is 1.48 bits per heavy atom. The van der Waals surface area contributed by atoms with Gasteiger partial charge in [0.1, 0.15) is 11.1 Å². The second-order valence-electron chi connectivity index (χ2n) is 4.87. The molecule has 0 aromatic heterocycles. The predicted molar refractivity (Wildman–Crippen MR) is 90.1 cm³/mol. The van der Waals surface area contributed by atoms with Gasteiger partial charge < -0.3 is 5.32 Å². The fourth-order valence-electron chi connectivity index (χ4n) is 2.09. The number of nitrogens with one attached hydrogen (secondary N) is 1. The molecule has 1 aliphatic rings. The predicted octanol–water partition coefficient (Wildman–Crippen LogP) is 2.47. The first-order valence-corrected chi connectivity index (χ1v) is 8.13. The highest BCUT2D eigenvalue weighted by atomic mass is 32.2. The summed E-state index contributed by atoms with van der Waals surface area (Å²) in [5.41, 5.74) is 0.550. The molecule has 2 amide bonds. The van der Waals surface area contributed by atoms with E-state index < -0.39 is 5.25 Å². The third-order valence-corrected chi connectivity index (χ3v) is 4.30. The van der Waals surface area contributed by atoms with Crippen LogP contribution < -0.4 is 5.32 Å². The molecule has 5 nitrogen and oxygen atoms in total. The molecule has 1 saturated heterocycles. The van der Waals surface area contributed by atoms with Crippen LogP contribution in [-0.4, -0.2) is 40.2 Å². The first-order valence-electron chi connectivity index (χ1n) is 7.25. The molecule has 1 atom stereocenters. The van der Waals surface area contributed by atoms with Gasteiger partial charge in [-0.1, -0.05) is 17.8 Å². The molecule has 1 N–H and O–H groups in total. The topological polar surface area (TPSA) is 61.8 Å². The van der Waals surface area contributed by atoms with Crippen LogP contribution in [0.25, 0.3) is 0 Å². The zero-order chi connectivity index (χ0) is 16.8. The monoisotopic (exact) mass is 335 g/mol. The third-order valence-electron chi connectivity index (χ3n) is 3.13. The van der Waals surface area contributed by atoms with E-state index in [1.165, 1.54) is 40.9 Å². The molecular weight excluding hydrogens is 317 g/mol. The minimum atomic E-state index is -0.499. The summed E-state index contributed by atoms with van der Waals surface area (Å²) in [5.74, 6) is -0.678. The van der Waals surface area contributed by atoms with Crippen molar-refractivity contribution in [1.29, 1.82) is 0 Å². The Bertz CT molecular complexity index is 631. The summed E-state index contributed by atoms with van der Waals surface area (Å²) in [5, 5.41) is 2.68. The van der Waals surface area contributed by atoms with Gasteiger partial charge >= 0.3 is 0 Å². The van der Waals surface area contributed by atoms with Crippen molar-refractivity contribution < 1.29 is 14.0 Å². The zero-order valence-electron chi connectivity index (χ0n) is 12.8. The van der Waals surface area contributed by atoms with Crippen LogP contribution in [0, 0.1) is 5.82 Å². The van der Waals surface area contributed by atoms with Crippen molar-refractivity contribution in [2.24, 2.45) is 4.99 Å². The fourth-order valence-corrected chi connectivity index (χ4v) is 3.25. The second kappa shape index (κ2) is 7.92. The number of nitrogens with zero attached hydrogens (tertiary/aromatic N) is 2. The molecule has 23 heavy (non-hydrogen) atoms. The van der Waals surface area contributed by atoms with Crippen LogP contribution in [0.4, 0.5) is 10.1 Å². The van der Waals surface area contributed by atoms with E-state index in [-0.39, 0.29) is 24.1 Å². The van der Waals surface area contributed by atoms with Gasteiger partial charge in [-0.15, -0.1) is 6.58 Å². The first-order chi connectivity index (χ1) is 11.0. The van der Waals surface area contributed by atoms with E-state index in [4.69, 9.17) is 0 Å². The smallest absolute Gasteiger partial charge is 0.242 e. The van der Waals surface area contributed by atoms with Crippen LogP contribution in [0.5, 0.6) is 0 Å². The van der Waals surface area contributed by atoms with Gasteiger partial charge in [0.2, 0.25) is 11.8 Å². The Labute approximate surface area is 138 Å². The summed E-state index contributed by atoms with van der Waals surface area (Å²) in [6.45, 7) is 6.31. The van der Waals surface area contributed by atoms with Crippen LogP contribution in [0.1, 0.15) is 13.3 Å². The number of carbonyl (C=O) groups excluding carboxylic acids is 2. The zero-order valence-corrected chi connectivity index (χ0v) is 13.6. The number of rotatable bonds is 6. The maximum Gasteiger partial charge on any atom is 0.242 e. The van der Waals surface area contributed by atoms with Crippen LogP contribution in [-0.2, 0) is 9.59 Å². The Morgan fingerprint density at radius 3 is 2.78 bits per heavy atom. The molecule has 0 saturated carbocycles. The molecule has 1 aromatic rings. The van der Waals surface area contributed by atoms with Gasteiger partial charge in [0.05, 0.1) is 5.69 Å². The van der Waals surface area contributed by atoms with Gasteiger partial charge in [0, 0.05) is 19.5 Å². The van der Waals surface area contributed by atoms with Gasteiger partial charge in [0.15, 0.2) is 5.17 Å². The number of carbonyl (C=O) groups is 2. The van der Waals surface area contributed by atoms with E-state index in [2.05, 4.69) is 16.9 Å². The Morgan fingerprint density at radius 2 is 2.17 bits per heavy atom. The maximum atomic E-state index is 13.0. The Kier molecular flexibility index (Phi) is 5.92. The van der Waals surface area contributed by atoms with Crippen molar-refractivity contribution >= 4 is 34.4 Å². The molecule has 0 unspecified atom stereocenters. The van der Waals surface area contributed by atoms with E-state index in [1.54, 1.807) is 6.08 Å². The minimum Gasteiger partial charge on any atom is -0.356 e. The molecule has 1 fully saturated rings. The summed E-state index contributed by atoms with van der Waals surface area (Å²) in [6.07, 6.45) is 1.71. The number of hydrogen-bond donors (Lipinski definition) is 1. The molecule has 7 heteroatoms. The highest BCUT2D eigenvalue weighted by Crippen LogP contribution is 2.31. The standard InChI is InChI=1S/C16H18FN3O2S/c1-3-9-20-15(22)13(10-14(21)18-4-2)23-16(20)19-12-7-5-11(17)6-8-12/h3,5-8,13H,1,4,9-10H2,2H3,(H,18,21)/t13-/m0/s1. The van der Waals surface area contributed by atoms with Gasteiger partial charge in [-0.2, -0.15) is 0 Å². The Balaban J connectivity index is 2.20. The quantitative estimate of drug-likeness (QED) is 0.813. The molecule has 0 spiro atoms. The summed E-state index contributed by atoms with van der Waals surface area (Å²) >= 11 is 1.24. The van der Waals surface area contributed by atoms with Crippen molar-refractivity contribution in [1.82, 2.24) is 10.2 Å². The van der Waals surface area contributed by atoms with Crippen molar-refractivity contribution in [2.75, 3.05) is 13.1 Å². The van der Waals surface area contributed by atoms with Crippen molar-refractivity contribution in [3.8, 4) is 0 Å². The number of aliphatic imine (C=N–C) groups is 1. The van der Waals surface area contributed by atoms with E-state index in [9.17, 15) is 14.0 Å². The SMILES string of the molecule is C=CCN1C(=O)[C@H](CC(=O)NCC)SC1=Nc1ccc(F)cc1. The second-order valence-corrected chi connectivity index (χ2v) is 6.04. The number of amidine groups is 1. The largest absolute Gasteiger partial charge is 0.356 e. The highest BCUT2D eigenvalue weighted by molar-refractivity contribution is 8.15. The summed E-state index contributed by atoms with van der Waals surface area (Å²) in [4.78, 5) is 30.0. The van der Waals surface area contributed by atoms with Gasteiger partial charge in [-0.25, -0.2) is 9.38 Å². The molecule has 0 bridgehead atoms.